The molecule has 6 nitrogen and oxygen atoms in total. The van der Waals surface area contributed by atoms with E-state index in [0.29, 0.717) is 28.8 Å². The van der Waals surface area contributed by atoms with E-state index in [2.05, 4.69) is 69.4 Å². The quantitative estimate of drug-likeness (QED) is 0.530. The molecule has 0 aromatic heterocycles. The van der Waals surface area contributed by atoms with E-state index in [0.717, 1.165) is 23.2 Å². The second-order valence-corrected chi connectivity index (χ2v) is 8.91. The molecular formula is C23H25BrN4O2. The lowest BCUT2D eigenvalue weighted by molar-refractivity contribution is -0.114. The molecule has 1 fully saturated rings. The zero-order chi connectivity index (χ0) is 21.4. The molecule has 2 aromatic carbocycles. The summed E-state index contributed by atoms with van der Waals surface area (Å²) in [5, 5.41) is 5.59. The Balaban J connectivity index is 1.52. The molecule has 4 rings (SSSR count). The number of carbonyl (C=O) groups is 2. The summed E-state index contributed by atoms with van der Waals surface area (Å²) < 4.78 is 0.814. The number of nitrogens with zero attached hydrogens (tertiary/aromatic N) is 2. The third kappa shape index (κ3) is 4.00. The van der Waals surface area contributed by atoms with Gasteiger partial charge in [0.1, 0.15) is 0 Å². The van der Waals surface area contributed by atoms with Gasteiger partial charge in [-0.05, 0) is 63.4 Å². The Morgan fingerprint density at radius 2 is 1.67 bits per heavy atom. The second-order valence-electron chi connectivity index (χ2n) is 7.99. The predicted molar refractivity (Wildman–Crippen MR) is 124 cm³/mol. The number of anilines is 2. The predicted octanol–water partition coefficient (Wildman–Crippen LogP) is 3.70. The van der Waals surface area contributed by atoms with E-state index >= 15 is 0 Å². The molecule has 0 radical (unpaired) electrons. The Morgan fingerprint density at radius 3 is 2.33 bits per heavy atom. The summed E-state index contributed by atoms with van der Waals surface area (Å²) in [4.78, 5) is 29.3. The van der Waals surface area contributed by atoms with Gasteiger partial charge < -0.3 is 10.2 Å². The number of benzene rings is 2. The second kappa shape index (κ2) is 8.24. The number of imide groups is 1. The highest BCUT2D eigenvalue weighted by molar-refractivity contribution is 9.10. The topological polar surface area (TPSA) is 64.7 Å². The molecule has 156 valence electrons. The van der Waals surface area contributed by atoms with Gasteiger partial charge in [-0.1, -0.05) is 15.9 Å². The van der Waals surface area contributed by atoms with Crippen molar-refractivity contribution in [3.63, 3.8) is 0 Å². The van der Waals surface area contributed by atoms with Crippen LogP contribution in [0.2, 0.25) is 0 Å². The molecule has 2 atom stereocenters. The number of piperazine rings is 1. The fraction of sp³-hybridized carbons (Fsp3) is 0.304. The Labute approximate surface area is 185 Å². The molecule has 30 heavy (non-hydrogen) atoms. The summed E-state index contributed by atoms with van der Waals surface area (Å²) in [7, 11) is 2.18. The van der Waals surface area contributed by atoms with E-state index in [1.165, 1.54) is 5.69 Å². The average Bonchev–Trinajstić information content (AvgIpc) is 2.71. The molecule has 0 unspecified atom stereocenters. The van der Waals surface area contributed by atoms with Gasteiger partial charge in [-0.25, -0.2) is 0 Å². The van der Waals surface area contributed by atoms with Crippen LogP contribution in [0.15, 0.2) is 53.1 Å². The van der Waals surface area contributed by atoms with E-state index in [4.69, 9.17) is 0 Å². The maximum atomic E-state index is 12.4. The van der Waals surface area contributed by atoms with Gasteiger partial charge in [0.05, 0.1) is 5.57 Å². The number of halogens is 1. The lowest BCUT2D eigenvalue weighted by atomic mass is 9.95. The number of nitrogens with one attached hydrogen (secondary N) is 2. The molecule has 2 aromatic rings. The van der Waals surface area contributed by atoms with Crippen LogP contribution in [0.4, 0.5) is 11.4 Å². The smallest absolute Gasteiger partial charge is 0.260 e. The van der Waals surface area contributed by atoms with Gasteiger partial charge in [0.25, 0.3) is 11.8 Å². The molecule has 0 spiro atoms. The van der Waals surface area contributed by atoms with Crippen molar-refractivity contribution in [2.24, 2.45) is 0 Å². The summed E-state index contributed by atoms with van der Waals surface area (Å²) in [6, 6.07) is 14.5. The number of hydrogen-bond donors (Lipinski definition) is 2. The largest absolute Gasteiger partial charge is 0.368 e. The van der Waals surface area contributed by atoms with Crippen LogP contribution in [-0.4, -0.2) is 48.9 Å². The van der Waals surface area contributed by atoms with E-state index in [-0.39, 0.29) is 5.91 Å². The van der Waals surface area contributed by atoms with Gasteiger partial charge in [-0.2, -0.15) is 0 Å². The van der Waals surface area contributed by atoms with Crippen LogP contribution >= 0.6 is 15.9 Å². The van der Waals surface area contributed by atoms with Crippen LogP contribution in [0.1, 0.15) is 29.8 Å². The summed E-state index contributed by atoms with van der Waals surface area (Å²) in [6.07, 6.45) is 1.65. The van der Waals surface area contributed by atoms with Crippen LogP contribution in [0.3, 0.4) is 0 Å². The highest BCUT2D eigenvalue weighted by atomic mass is 79.9. The van der Waals surface area contributed by atoms with Crippen molar-refractivity contribution in [3.05, 3.63) is 64.3 Å². The first-order chi connectivity index (χ1) is 14.3. The van der Waals surface area contributed by atoms with E-state index in [1.807, 2.05) is 12.1 Å². The number of hydrogen-bond acceptors (Lipinski definition) is 5. The number of carbonyl (C=O) groups excluding carboxylic acids is 2. The Morgan fingerprint density at radius 1 is 1.00 bits per heavy atom. The van der Waals surface area contributed by atoms with Gasteiger partial charge in [0, 0.05) is 58.3 Å². The standard InChI is InChI=1S/C23H25BrN4O2/c1-14-12-28(13-15(2)27(14)3)18-7-5-17(6-8-18)25-11-21-20-10-16(24)4-9-19(20)22(29)26-23(21)30/h4-11,14-15,25H,12-13H2,1-3H3,(H,26,29,30)/t14-,15+. The Hall–Kier alpha value is -2.64. The van der Waals surface area contributed by atoms with Crippen LogP contribution in [0.25, 0.3) is 5.57 Å². The monoisotopic (exact) mass is 468 g/mol. The van der Waals surface area contributed by atoms with Crippen molar-refractivity contribution in [2.75, 3.05) is 30.4 Å². The Kier molecular flexibility index (Phi) is 5.66. The maximum Gasteiger partial charge on any atom is 0.260 e. The first kappa shape index (κ1) is 20.6. The zero-order valence-corrected chi connectivity index (χ0v) is 18.9. The summed E-state index contributed by atoms with van der Waals surface area (Å²) >= 11 is 3.41. The van der Waals surface area contributed by atoms with Crippen LogP contribution in [-0.2, 0) is 4.79 Å². The lowest BCUT2D eigenvalue weighted by Gasteiger charge is -2.43. The van der Waals surface area contributed by atoms with Crippen molar-refractivity contribution >= 4 is 44.7 Å². The molecule has 2 N–H and O–H groups in total. The van der Waals surface area contributed by atoms with Gasteiger partial charge >= 0.3 is 0 Å². The van der Waals surface area contributed by atoms with E-state index in [1.54, 1.807) is 24.4 Å². The first-order valence-corrected chi connectivity index (χ1v) is 10.8. The van der Waals surface area contributed by atoms with Crippen molar-refractivity contribution in [2.45, 2.75) is 25.9 Å². The van der Waals surface area contributed by atoms with Crippen molar-refractivity contribution in [3.8, 4) is 0 Å². The van der Waals surface area contributed by atoms with Gasteiger partial charge in [0.15, 0.2) is 0 Å². The number of rotatable bonds is 3. The molecular weight excluding hydrogens is 444 g/mol. The number of amides is 2. The highest BCUT2D eigenvalue weighted by Gasteiger charge is 2.28. The minimum absolute atomic E-state index is 0.375. The van der Waals surface area contributed by atoms with Crippen molar-refractivity contribution < 1.29 is 9.59 Å². The van der Waals surface area contributed by atoms with Gasteiger partial charge in [0.2, 0.25) is 0 Å². The maximum absolute atomic E-state index is 12.4. The molecule has 2 aliphatic heterocycles. The van der Waals surface area contributed by atoms with Gasteiger partial charge in [-0.15, -0.1) is 0 Å². The molecule has 7 heteroatoms. The normalized spacial score (nSPS) is 23.3. The summed E-state index contributed by atoms with van der Waals surface area (Å²) in [5.74, 6) is -0.783. The Bertz CT molecular complexity index is 1010. The van der Waals surface area contributed by atoms with Crippen LogP contribution in [0, 0.1) is 0 Å². The van der Waals surface area contributed by atoms with Crippen molar-refractivity contribution in [1.82, 2.24) is 10.2 Å². The zero-order valence-electron chi connectivity index (χ0n) is 17.3. The molecule has 0 bridgehead atoms. The van der Waals surface area contributed by atoms with E-state index in [9.17, 15) is 9.59 Å². The van der Waals surface area contributed by atoms with Gasteiger partial charge in [-0.3, -0.25) is 19.8 Å². The average molecular weight is 469 g/mol. The minimum Gasteiger partial charge on any atom is -0.368 e. The number of fused-ring (bicyclic) bond motifs is 1. The molecule has 0 aliphatic carbocycles. The van der Waals surface area contributed by atoms with Crippen LogP contribution in [0.5, 0.6) is 0 Å². The van der Waals surface area contributed by atoms with Crippen LogP contribution < -0.4 is 15.5 Å². The third-order valence-corrected chi connectivity index (χ3v) is 6.46. The SMILES string of the molecule is C[C@@H]1CN(c2ccc(NC=C3C(=O)NC(=O)c4ccc(Br)cc43)cc2)C[C@H](C)N1C. The molecule has 2 heterocycles. The highest BCUT2D eigenvalue weighted by Crippen LogP contribution is 2.28. The fourth-order valence-electron chi connectivity index (χ4n) is 3.98. The fourth-order valence-corrected chi connectivity index (χ4v) is 4.34. The lowest BCUT2D eigenvalue weighted by Crippen LogP contribution is -2.55. The molecule has 1 saturated heterocycles. The summed E-state index contributed by atoms with van der Waals surface area (Å²) in [5.41, 5.74) is 3.59. The molecule has 0 saturated carbocycles. The van der Waals surface area contributed by atoms with Crippen molar-refractivity contribution in [1.29, 1.82) is 0 Å². The van der Waals surface area contributed by atoms with E-state index < -0.39 is 5.91 Å². The summed E-state index contributed by atoms with van der Waals surface area (Å²) in [6.45, 7) is 6.50. The molecule has 2 amide bonds. The minimum atomic E-state index is -0.407. The third-order valence-electron chi connectivity index (χ3n) is 5.96. The molecule has 2 aliphatic rings. The first-order valence-electron chi connectivity index (χ1n) is 10.0. The number of likely N-dealkylation sites (N-methyl/N-ethyl adjacent to an activating group) is 1.